The smallest absolute Gasteiger partial charge is 0.308 e. The molecule has 1 aromatic heterocycles. The molecule has 0 bridgehead atoms. The van der Waals surface area contributed by atoms with Crippen LogP contribution >= 0.6 is 35.1 Å². The highest BCUT2D eigenvalue weighted by Gasteiger charge is 2.23. The number of benzene rings is 3. The molecular formula is C33H36ClNO4S2. The van der Waals surface area contributed by atoms with E-state index in [4.69, 9.17) is 21.3 Å². The molecule has 0 amide bonds. The molecule has 8 heteroatoms. The van der Waals surface area contributed by atoms with Crippen LogP contribution in [0.25, 0.3) is 10.9 Å². The second-order valence-corrected chi connectivity index (χ2v) is 13.2. The molecule has 0 saturated carbocycles. The Morgan fingerprint density at radius 2 is 1.80 bits per heavy atom. The number of carboxylic acid groups (broad SMARTS) is 1. The van der Waals surface area contributed by atoms with Crippen LogP contribution in [-0.2, 0) is 23.4 Å². The van der Waals surface area contributed by atoms with Crippen LogP contribution in [0.1, 0.15) is 47.9 Å². The first-order chi connectivity index (χ1) is 19.6. The van der Waals surface area contributed by atoms with Crippen LogP contribution in [0.15, 0.2) is 78.9 Å². The lowest BCUT2D eigenvalue weighted by Gasteiger charge is -2.24. The molecule has 1 unspecified atom stereocenters. The van der Waals surface area contributed by atoms with Crippen LogP contribution in [0.2, 0.25) is 5.02 Å². The summed E-state index contributed by atoms with van der Waals surface area (Å²) in [6.07, 6.45) is 3.48. The summed E-state index contributed by atoms with van der Waals surface area (Å²) in [5.41, 5.74) is 3.78. The number of aliphatic hydroxyl groups is 1. The number of fused-ring (bicyclic) bond motifs is 1. The summed E-state index contributed by atoms with van der Waals surface area (Å²) in [4.78, 5) is 16.6. The fraction of sp³-hybridized carbons (Fsp3) is 0.333. The number of halogens is 1. The van der Waals surface area contributed by atoms with Gasteiger partial charge in [-0.3, -0.25) is 4.79 Å². The zero-order chi connectivity index (χ0) is 29.4. The first-order valence-electron chi connectivity index (χ1n) is 13.6. The second kappa shape index (κ2) is 14.5. The number of carbonyl (C=O) groups is 1. The third kappa shape index (κ3) is 8.89. The number of carboxylic acids is 1. The molecule has 0 aliphatic rings. The van der Waals surface area contributed by atoms with Gasteiger partial charge in [0.25, 0.3) is 0 Å². The van der Waals surface area contributed by atoms with E-state index in [-0.39, 0.29) is 5.25 Å². The van der Waals surface area contributed by atoms with E-state index in [1.54, 1.807) is 37.4 Å². The Morgan fingerprint density at radius 3 is 2.56 bits per heavy atom. The average molecular weight is 610 g/mol. The minimum absolute atomic E-state index is 0.0538. The number of aliphatic carboxylic acids is 1. The Morgan fingerprint density at radius 1 is 1.02 bits per heavy atom. The summed E-state index contributed by atoms with van der Waals surface area (Å²) < 4.78 is 6.16. The molecule has 4 aromatic rings. The van der Waals surface area contributed by atoms with Gasteiger partial charge in [-0.25, -0.2) is 4.98 Å². The van der Waals surface area contributed by atoms with Crippen molar-refractivity contribution in [2.24, 2.45) is 5.92 Å². The number of aromatic nitrogens is 1. The highest BCUT2D eigenvalue weighted by atomic mass is 35.5. The van der Waals surface area contributed by atoms with E-state index >= 15 is 0 Å². The van der Waals surface area contributed by atoms with Crippen LogP contribution in [0.5, 0.6) is 5.75 Å². The van der Waals surface area contributed by atoms with Gasteiger partial charge in [-0.05, 0) is 80.0 Å². The van der Waals surface area contributed by atoms with E-state index in [0.29, 0.717) is 23.1 Å². The van der Waals surface area contributed by atoms with Gasteiger partial charge in [0.05, 0.1) is 22.7 Å². The summed E-state index contributed by atoms with van der Waals surface area (Å²) in [5.74, 6) is 0.635. The Bertz CT molecular complexity index is 1470. The van der Waals surface area contributed by atoms with Gasteiger partial charge >= 0.3 is 5.97 Å². The number of aryl methyl sites for hydroxylation is 1. The van der Waals surface area contributed by atoms with E-state index < -0.39 is 17.5 Å². The third-order valence-corrected chi connectivity index (χ3v) is 9.37. The highest BCUT2D eigenvalue weighted by Crippen LogP contribution is 2.37. The molecule has 0 radical (unpaired) electrons. The Balaban J connectivity index is 1.53. The molecule has 0 spiro atoms. The fourth-order valence-corrected chi connectivity index (χ4v) is 7.09. The van der Waals surface area contributed by atoms with E-state index in [9.17, 15) is 15.0 Å². The molecule has 4 rings (SSSR count). The first-order valence-corrected chi connectivity index (χ1v) is 16.4. The molecule has 1 heterocycles. The predicted molar refractivity (Wildman–Crippen MR) is 172 cm³/mol. The predicted octanol–water partition coefficient (Wildman–Crippen LogP) is 8.17. The molecule has 41 heavy (non-hydrogen) atoms. The van der Waals surface area contributed by atoms with Crippen LogP contribution < -0.4 is 4.74 Å². The van der Waals surface area contributed by atoms with Crippen molar-refractivity contribution in [1.82, 2.24) is 4.98 Å². The summed E-state index contributed by atoms with van der Waals surface area (Å²) in [6.45, 7) is 3.92. The summed E-state index contributed by atoms with van der Waals surface area (Å²) >= 11 is 9.37. The Labute approximate surface area is 255 Å². The number of hydrogen-bond acceptors (Lipinski definition) is 6. The lowest BCUT2D eigenvalue weighted by atomic mass is 9.90. The first kappa shape index (κ1) is 31.2. The van der Waals surface area contributed by atoms with Gasteiger partial charge < -0.3 is 14.9 Å². The van der Waals surface area contributed by atoms with Crippen LogP contribution in [0, 0.1) is 5.92 Å². The van der Waals surface area contributed by atoms with Crippen molar-refractivity contribution in [3.63, 3.8) is 0 Å². The third-order valence-electron chi connectivity index (χ3n) is 6.90. The number of ether oxygens (including phenoxy) is 1. The van der Waals surface area contributed by atoms with Crippen molar-refractivity contribution in [1.29, 1.82) is 0 Å². The van der Waals surface area contributed by atoms with Gasteiger partial charge in [-0.1, -0.05) is 60.1 Å². The van der Waals surface area contributed by atoms with Crippen molar-refractivity contribution >= 4 is 52.0 Å². The van der Waals surface area contributed by atoms with Gasteiger partial charge in [0.1, 0.15) is 12.4 Å². The highest BCUT2D eigenvalue weighted by molar-refractivity contribution is 8.00. The van der Waals surface area contributed by atoms with Gasteiger partial charge in [-0.15, -0.1) is 0 Å². The van der Waals surface area contributed by atoms with Gasteiger partial charge in [-0.2, -0.15) is 23.5 Å². The maximum atomic E-state index is 11.9. The Hall–Kier alpha value is -2.71. The Kier molecular flexibility index (Phi) is 11.0. The lowest BCUT2D eigenvalue weighted by Crippen LogP contribution is -2.20. The number of pyridine rings is 1. The largest absolute Gasteiger partial charge is 0.487 e. The molecule has 0 aliphatic heterocycles. The zero-order valence-corrected chi connectivity index (χ0v) is 25.9. The topological polar surface area (TPSA) is 79.7 Å². The molecule has 2 N–H and O–H groups in total. The molecule has 3 aromatic carbocycles. The van der Waals surface area contributed by atoms with Gasteiger partial charge in [0.15, 0.2) is 0 Å². The van der Waals surface area contributed by atoms with Crippen molar-refractivity contribution in [2.75, 3.05) is 17.8 Å². The molecule has 5 nitrogen and oxygen atoms in total. The van der Waals surface area contributed by atoms with E-state index in [0.717, 1.165) is 51.9 Å². The number of thioether (sulfide) groups is 2. The summed E-state index contributed by atoms with van der Waals surface area (Å²) in [6, 6.07) is 25.6. The normalized spacial score (nSPS) is 13.2. The maximum Gasteiger partial charge on any atom is 0.308 e. The lowest BCUT2D eigenvalue weighted by molar-refractivity contribution is -0.140. The van der Waals surface area contributed by atoms with Gasteiger partial charge in [0, 0.05) is 27.2 Å². The number of nitrogens with zero attached hydrogens (tertiary/aromatic N) is 1. The summed E-state index contributed by atoms with van der Waals surface area (Å²) in [5, 5.41) is 22.2. The van der Waals surface area contributed by atoms with Crippen LogP contribution in [-0.4, -0.2) is 38.9 Å². The van der Waals surface area contributed by atoms with Crippen LogP contribution in [0.3, 0.4) is 0 Å². The van der Waals surface area contributed by atoms with E-state index in [1.807, 2.05) is 73.0 Å². The monoisotopic (exact) mass is 609 g/mol. The average Bonchev–Trinajstić information content (AvgIpc) is 2.95. The quantitative estimate of drug-likeness (QED) is 0.149. The summed E-state index contributed by atoms with van der Waals surface area (Å²) in [7, 11) is 0. The number of hydrogen-bond donors (Lipinski definition) is 2. The van der Waals surface area contributed by atoms with Crippen molar-refractivity contribution in [2.45, 2.75) is 44.1 Å². The standard InChI is InChI=1S/C33H36ClNO4S2/c1-33(2,38)29-10-5-4-7-22(29)13-16-31(41-21-25(20-40-3)32(36)37)24-8-6-9-28(17-24)39-19-27-15-12-23-11-14-26(34)18-30(23)35-27/h4-12,14-15,17-18,25,31,38H,13,16,19-21H2,1-3H3,(H,36,37)/t25?,31-/m0/s1. The van der Waals surface area contributed by atoms with Crippen molar-refractivity contribution < 1.29 is 19.7 Å². The second-order valence-electron chi connectivity index (χ2n) is 10.6. The SMILES string of the molecule is CSCC(CS[C@@H](CCc1ccccc1C(C)(C)O)c1cccc(OCc2ccc3ccc(Cl)cc3n2)c1)C(=O)O. The minimum atomic E-state index is -0.943. The molecule has 216 valence electrons. The fourth-order valence-electron chi connectivity index (χ4n) is 4.77. The number of rotatable bonds is 14. The molecule has 0 aliphatic carbocycles. The van der Waals surface area contributed by atoms with Crippen molar-refractivity contribution in [3.8, 4) is 5.75 Å². The van der Waals surface area contributed by atoms with E-state index in [2.05, 4.69) is 12.1 Å². The molecular weight excluding hydrogens is 574 g/mol. The molecule has 2 atom stereocenters. The maximum absolute atomic E-state index is 11.9. The van der Waals surface area contributed by atoms with Gasteiger partial charge in [0.2, 0.25) is 0 Å². The van der Waals surface area contributed by atoms with E-state index in [1.165, 1.54) is 0 Å². The zero-order valence-electron chi connectivity index (χ0n) is 23.5. The minimum Gasteiger partial charge on any atom is -0.487 e. The molecule has 0 fully saturated rings. The van der Waals surface area contributed by atoms with Crippen LogP contribution in [0.4, 0.5) is 0 Å². The molecule has 0 saturated heterocycles. The van der Waals surface area contributed by atoms with Crippen molar-refractivity contribution in [3.05, 3.63) is 106 Å².